The number of benzene rings is 2. The molecule has 0 aromatic heterocycles. The molecule has 0 N–H and O–H groups in total. The lowest BCUT2D eigenvalue weighted by Gasteiger charge is -2.22. The Morgan fingerprint density at radius 2 is 1.82 bits per heavy atom. The van der Waals surface area contributed by atoms with Crippen molar-refractivity contribution in [2.24, 2.45) is 0 Å². The summed E-state index contributed by atoms with van der Waals surface area (Å²) in [5, 5.41) is 10.7. The van der Waals surface area contributed by atoms with Gasteiger partial charge in [-0.3, -0.25) is 14.9 Å². The molecule has 3 rings (SSSR count). The highest BCUT2D eigenvalue weighted by Crippen LogP contribution is 2.29. The van der Waals surface area contributed by atoms with Crippen LogP contribution in [0.25, 0.3) is 11.1 Å². The molecule has 112 valence electrons. The van der Waals surface area contributed by atoms with Gasteiger partial charge in [0.2, 0.25) is 0 Å². The molecular weight excluding hydrogens is 282 g/mol. The average Bonchev–Trinajstić information content (AvgIpc) is 2.55. The molecule has 0 aliphatic heterocycles. The van der Waals surface area contributed by atoms with Gasteiger partial charge in [-0.25, -0.2) is 0 Å². The van der Waals surface area contributed by atoms with E-state index in [1.807, 2.05) is 18.2 Å². The van der Waals surface area contributed by atoms with E-state index in [1.54, 1.807) is 19.2 Å². The molecule has 0 radical (unpaired) electrons. The highest BCUT2D eigenvalue weighted by Gasteiger charge is 2.27. The number of non-ortho nitro benzene ring substituents is 1. The average molecular weight is 297 g/mol. The smallest absolute Gasteiger partial charge is 0.269 e. The minimum atomic E-state index is -0.416. The molecule has 22 heavy (non-hydrogen) atoms. The topological polar surface area (TPSA) is 69.4 Å². The second-order valence-corrected chi connectivity index (χ2v) is 5.30. The zero-order valence-corrected chi connectivity index (χ0v) is 12.1. The van der Waals surface area contributed by atoms with Gasteiger partial charge in [-0.15, -0.1) is 0 Å². The van der Waals surface area contributed by atoms with E-state index >= 15 is 0 Å². The molecule has 5 heteroatoms. The third-order valence-electron chi connectivity index (χ3n) is 4.03. The van der Waals surface area contributed by atoms with Gasteiger partial charge >= 0.3 is 0 Å². The van der Waals surface area contributed by atoms with Crippen molar-refractivity contribution in [2.75, 3.05) is 7.11 Å². The van der Waals surface area contributed by atoms with E-state index in [-0.39, 0.29) is 17.6 Å². The van der Waals surface area contributed by atoms with Crippen LogP contribution in [0.3, 0.4) is 0 Å². The van der Waals surface area contributed by atoms with Gasteiger partial charge in [0.25, 0.3) is 5.69 Å². The highest BCUT2D eigenvalue weighted by molar-refractivity contribution is 6.02. The van der Waals surface area contributed by atoms with Crippen molar-refractivity contribution in [3.8, 4) is 11.1 Å². The number of ether oxygens (including phenoxy) is 1. The summed E-state index contributed by atoms with van der Waals surface area (Å²) in [4.78, 5) is 22.5. The largest absolute Gasteiger partial charge is 0.373 e. The Hall–Kier alpha value is -2.53. The standard InChI is InChI=1S/C17H15NO4/c1-22-16-9-5-13-10-12(4-8-15(13)17(16)19)11-2-6-14(7-3-11)18(20)21/h2-4,6-8,10,16H,5,9H2,1H3. The Kier molecular flexibility index (Phi) is 3.73. The number of nitro benzene ring substituents is 1. The minimum Gasteiger partial charge on any atom is -0.373 e. The van der Waals surface area contributed by atoms with E-state index in [0.717, 1.165) is 23.1 Å². The lowest BCUT2D eigenvalue weighted by atomic mass is 9.86. The van der Waals surface area contributed by atoms with Gasteiger partial charge in [-0.05, 0) is 41.7 Å². The van der Waals surface area contributed by atoms with Crippen molar-refractivity contribution in [1.29, 1.82) is 0 Å². The van der Waals surface area contributed by atoms with Crippen molar-refractivity contribution in [1.82, 2.24) is 0 Å². The highest BCUT2D eigenvalue weighted by atomic mass is 16.6. The quantitative estimate of drug-likeness (QED) is 0.643. The van der Waals surface area contributed by atoms with E-state index in [0.29, 0.717) is 12.0 Å². The van der Waals surface area contributed by atoms with Crippen LogP contribution in [0.4, 0.5) is 5.69 Å². The van der Waals surface area contributed by atoms with Gasteiger partial charge < -0.3 is 4.74 Å². The zero-order valence-electron chi connectivity index (χ0n) is 12.1. The molecule has 0 amide bonds. The van der Waals surface area contributed by atoms with Crippen LogP contribution in [0, 0.1) is 10.1 Å². The van der Waals surface area contributed by atoms with Crippen LogP contribution in [0.2, 0.25) is 0 Å². The fourth-order valence-electron chi connectivity index (χ4n) is 2.81. The number of nitro groups is 1. The molecule has 0 spiro atoms. The molecule has 1 atom stereocenters. The molecule has 2 aromatic carbocycles. The monoisotopic (exact) mass is 297 g/mol. The predicted octanol–water partition coefficient (Wildman–Crippen LogP) is 3.41. The first-order chi connectivity index (χ1) is 10.6. The maximum atomic E-state index is 12.2. The number of hydrogen-bond donors (Lipinski definition) is 0. The normalized spacial score (nSPS) is 17.1. The van der Waals surface area contributed by atoms with E-state index in [9.17, 15) is 14.9 Å². The van der Waals surface area contributed by atoms with Crippen LogP contribution in [0.15, 0.2) is 42.5 Å². The Bertz CT molecular complexity index is 737. The fraction of sp³-hybridized carbons (Fsp3) is 0.235. The summed E-state index contributed by atoms with van der Waals surface area (Å²) in [5.41, 5.74) is 3.64. The number of Topliss-reactive ketones (excluding diaryl/α,β-unsaturated/α-hetero) is 1. The van der Waals surface area contributed by atoms with Crippen LogP contribution in [-0.4, -0.2) is 23.9 Å². The van der Waals surface area contributed by atoms with Gasteiger partial charge in [-0.2, -0.15) is 0 Å². The second kappa shape index (κ2) is 5.69. The molecule has 0 saturated heterocycles. The molecule has 1 unspecified atom stereocenters. The van der Waals surface area contributed by atoms with Crippen LogP contribution in [0.5, 0.6) is 0 Å². The first-order valence-corrected chi connectivity index (χ1v) is 7.05. The Balaban J connectivity index is 1.94. The van der Waals surface area contributed by atoms with E-state index in [4.69, 9.17) is 4.74 Å². The number of fused-ring (bicyclic) bond motifs is 1. The number of ketones is 1. The number of hydrogen-bond acceptors (Lipinski definition) is 4. The second-order valence-electron chi connectivity index (χ2n) is 5.30. The van der Waals surface area contributed by atoms with Gasteiger partial charge in [0.05, 0.1) is 4.92 Å². The molecule has 1 aliphatic rings. The van der Waals surface area contributed by atoms with E-state index in [2.05, 4.69) is 0 Å². The van der Waals surface area contributed by atoms with Crippen molar-refractivity contribution < 1.29 is 14.5 Å². The van der Waals surface area contributed by atoms with Crippen LogP contribution < -0.4 is 0 Å². The number of methoxy groups -OCH3 is 1. The molecule has 0 bridgehead atoms. The van der Waals surface area contributed by atoms with E-state index < -0.39 is 4.92 Å². The Labute approximate surface area is 127 Å². The molecule has 2 aromatic rings. The lowest BCUT2D eigenvalue weighted by Crippen LogP contribution is -2.29. The zero-order chi connectivity index (χ0) is 15.7. The third-order valence-corrected chi connectivity index (χ3v) is 4.03. The van der Waals surface area contributed by atoms with Crippen molar-refractivity contribution in [2.45, 2.75) is 18.9 Å². The van der Waals surface area contributed by atoms with Crippen molar-refractivity contribution in [3.63, 3.8) is 0 Å². The number of carbonyl (C=O) groups excluding carboxylic acids is 1. The molecular formula is C17H15NO4. The summed E-state index contributed by atoms with van der Waals surface area (Å²) in [5.74, 6) is 0.0269. The number of rotatable bonds is 3. The number of aryl methyl sites for hydroxylation is 1. The Morgan fingerprint density at radius 3 is 2.45 bits per heavy atom. The maximum Gasteiger partial charge on any atom is 0.269 e. The van der Waals surface area contributed by atoms with Crippen LogP contribution in [0.1, 0.15) is 22.3 Å². The van der Waals surface area contributed by atoms with Gasteiger partial charge in [0.15, 0.2) is 5.78 Å². The number of nitrogens with zero attached hydrogens (tertiary/aromatic N) is 1. The molecule has 0 fully saturated rings. The minimum absolute atomic E-state index is 0.0269. The molecule has 0 saturated carbocycles. The SMILES string of the molecule is COC1CCc2cc(-c3ccc([N+](=O)[O-])cc3)ccc2C1=O. The Morgan fingerprint density at radius 1 is 1.14 bits per heavy atom. The summed E-state index contributed by atoms with van der Waals surface area (Å²) < 4.78 is 5.20. The summed E-state index contributed by atoms with van der Waals surface area (Å²) >= 11 is 0. The third kappa shape index (κ3) is 2.51. The molecule has 1 aliphatic carbocycles. The predicted molar refractivity (Wildman–Crippen MR) is 82.0 cm³/mol. The van der Waals surface area contributed by atoms with Crippen LogP contribution in [-0.2, 0) is 11.2 Å². The van der Waals surface area contributed by atoms with E-state index in [1.165, 1.54) is 12.1 Å². The van der Waals surface area contributed by atoms with Crippen molar-refractivity contribution in [3.05, 3.63) is 63.7 Å². The summed E-state index contributed by atoms with van der Waals surface area (Å²) in [6, 6.07) is 12.1. The van der Waals surface area contributed by atoms with Gasteiger partial charge in [-0.1, -0.05) is 18.2 Å². The number of carbonyl (C=O) groups is 1. The fourth-order valence-corrected chi connectivity index (χ4v) is 2.81. The van der Waals surface area contributed by atoms with Gasteiger partial charge in [0, 0.05) is 24.8 Å². The molecule has 0 heterocycles. The lowest BCUT2D eigenvalue weighted by molar-refractivity contribution is -0.384. The first-order valence-electron chi connectivity index (χ1n) is 7.05. The molecule has 5 nitrogen and oxygen atoms in total. The first kappa shape index (κ1) is 14.4. The van der Waals surface area contributed by atoms with Crippen LogP contribution >= 0.6 is 0 Å². The maximum absolute atomic E-state index is 12.2. The van der Waals surface area contributed by atoms with Gasteiger partial charge in [0.1, 0.15) is 6.10 Å². The summed E-state index contributed by atoms with van der Waals surface area (Å²) in [6.07, 6.45) is 1.13. The van der Waals surface area contributed by atoms with Crippen molar-refractivity contribution >= 4 is 11.5 Å². The summed E-state index contributed by atoms with van der Waals surface area (Å²) in [7, 11) is 1.55. The summed E-state index contributed by atoms with van der Waals surface area (Å²) in [6.45, 7) is 0.